The molecule has 0 aliphatic heterocycles. The van der Waals surface area contributed by atoms with Crippen LogP contribution in [0.5, 0.6) is 0 Å². The summed E-state index contributed by atoms with van der Waals surface area (Å²) in [6, 6.07) is 0. The van der Waals surface area contributed by atoms with E-state index in [1.165, 1.54) is 19.3 Å². The van der Waals surface area contributed by atoms with Crippen LogP contribution >= 0.6 is 0 Å². The lowest BCUT2D eigenvalue weighted by Gasteiger charge is -2.38. The predicted octanol–water partition coefficient (Wildman–Crippen LogP) is 2.70. The molecular formula is C15H27NO3. The molecule has 2 rings (SSSR count). The highest BCUT2D eigenvalue weighted by Crippen LogP contribution is 2.33. The first-order valence-corrected chi connectivity index (χ1v) is 7.71. The van der Waals surface area contributed by atoms with E-state index in [-0.39, 0.29) is 6.10 Å². The van der Waals surface area contributed by atoms with Crippen LogP contribution in [0, 0.1) is 5.92 Å². The number of carboxylic acid groups (broad SMARTS) is 1. The Hall–Kier alpha value is -0.610. The number of nitrogens with two attached hydrogens (primary N) is 1. The Morgan fingerprint density at radius 1 is 1.32 bits per heavy atom. The van der Waals surface area contributed by atoms with Crippen LogP contribution in [0.1, 0.15) is 64.7 Å². The van der Waals surface area contributed by atoms with Crippen LogP contribution in [-0.2, 0) is 9.53 Å². The summed E-state index contributed by atoms with van der Waals surface area (Å²) in [4.78, 5) is 11.2. The van der Waals surface area contributed by atoms with Crippen LogP contribution in [0.4, 0.5) is 0 Å². The first kappa shape index (κ1) is 14.8. The van der Waals surface area contributed by atoms with Crippen LogP contribution in [0.25, 0.3) is 0 Å². The maximum atomic E-state index is 11.2. The van der Waals surface area contributed by atoms with Crippen molar-refractivity contribution in [1.29, 1.82) is 0 Å². The largest absolute Gasteiger partial charge is 0.480 e. The van der Waals surface area contributed by atoms with Gasteiger partial charge in [0, 0.05) is 6.42 Å². The van der Waals surface area contributed by atoms with Gasteiger partial charge in [0.25, 0.3) is 0 Å². The highest BCUT2D eigenvalue weighted by atomic mass is 16.5. The minimum atomic E-state index is -1.07. The SMILES string of the molecule is CCC1CCCC(OC2CCCC(N)(C(=O)O)C2)C1. The summed E-state index contributed by atoms with van der Waals surface area (Å²) in [5.74, 6) is -0.0969. The highest BCUT2D eigenvalue weighted by molar-refractivity contribution is 5.78. The van der Waals surface area contributed by atoms with E-state index in [1.54, 1.807) is 0 Å². The van der Waals surface area contributed by atoms with Gasteiger partial charge in [0.1, 0.15) is 5.54 Å². The lowest BCUT2D eigenvalue weighted by Crippen LogP contribution is -2.53. The number of rotatable bonds is 4. The van der Waals surface area contributed by atoms with Crippen LogP contribution in [0.2, 0.25) is 0 Å². The molecule has 2 aliphatic rings. The Morgan fingerprint density at radius 3 is 2.74 bits per heavy atom. The van der Waals surface area contributed by atoms with Crippen molar-refractivity contribution < 1.29 is 14.6 Å². The predicted molar refractivity (Wildman–Crippen MR) is 73.9 cm³/mol. The van der Waals surface area contributed by atoms with Gasteiger partial charge >= 0.3 is 5.97 Å². The molecular weight excluding hydrogens is 242 g/mol. The van der Waals surface area contributed by atoms with Gasteiger partial charge in [-0.1, -0.05) is 26.2 Å². The second-order valence-corrected chi connectivity index (χ2v) is 6.38. The standard InChI is InChI=1S/C15H27NO3/c1-2-11-5-3-6-12(9-11)19-13-7-4-8-15(16,10-13)14(17)18/h11-13H,2-10,16H2,1H3,(H,17,18). The maximum absolute atomic E-state index is 11.2. The molecule has 4 heteroatoms. The molecule has 2 aliphatic carbocycles. The molecule has 0 amide bonds. The Morgan fingerprint density at radius 2 is 2.05 bits per heavy atom. The molecule has 4 nitrogen and oxygen atoms in total. The molecule has 4 atom stereocenters. The van der Waals surface area contributed by atoms with Gasteiger partial charge in [0.15, 0.2) is 0 Å². The van der Waals surface area contributed by atoms with E-state index in [1.807, 2.05) is 0 Å². The number of aliphatic carboxylic acids is 1. The van der Waals surface area contributed by atoms with Gasteiger partial charge in [-0.2, -0.15) is 0 Å². The number of carboxylic acids is 1. The zero-order chi connectivity index (χ0) is 13.9. The number of carbonyl (C=O) groups is 1. The average Bonchev–Trinajstić information content (AvgIpc) is 2.39. The van der Waals surface area contributed by atoms with Crippen LogP contribution < -0.4 is 5.73 Å². The van der Waals surface area contributed by atoms with E-state index in [0.29, 0.717) is 18.9 Å². The quantitative estimate of drug-likeness (QED) is 0.823. The van der Waals surface area contributed by atoms with Gasteiger partial charge in [-0.25, -0.2) is 0 Å². The minimum Gasteiger partial charge on any atom is -0.480 e. The lowest BCUT2D eigenvalue weighted by atomic mass is 9.80. The fraction of sp³-hybridized carbons (Fsp3) is 0.933. The molecule has 19 heavy (non-hydrogen) atoms. The normalized spacial score (nSPS) is 40.0. The number of hydrogen-bond donors (Lipinski definition) is 2. The van der Waals surface area contributed by atoms with Crippen molar-refractivity contribution in [3.8, 4) is 0 Å². The first-order valence-electron chi connectivity index (χ1n) is 7.71. The molecule has 0 saturated heterocycles. The summed E-state index contributed by atoms with van der Waals surface area (Å²) in [6.07, 6.45) is 9.25. The van der Waals surface area contributed by atoms with E-state index in [0.717, 1.165) is 31.6 Å². The summed E-state index contributed by atoms with van der Waals surface area (Å²) in [5, 5.41) is 9.22. The highest BCUT2D eigenvalue weighted by Gasteiger charge is 2.40. The first-order chi connectivity index (χ1) is 9.03. The molecule has 0 spiro atoms. The topological polar surface area (TPSA) is 72.5 Å². The second kappa shape index (κ2) is 6.23. The summed E-state index contributed by atoms with van der Waals surface area (Å²) in [5.41, 5.74) is 4.90. The monoisotopic (exact) mass is 269 g/mol. The third-order valence-corrected chi connectivity index (χ3v) is 4.86. The van der Waals surface area contributed by atoms with Crippen molar-refractivity contribution in [3.63, 3.8) is 0 Å². The van der Waals surface area contributed by atoms with Crippen molar-refractivity contribution in [2.45, 2.75) is 82.5 Å². The molecule has 0 bridgehead atoms. The fourth-order valence-electron chi connectivity index (χ4n) is 3.57. The summed E-state index contributed by atoms with van der Waals surface area (Å²) in [7, 11) is 0. The van der Waals surface area contributed by atoms with Crippen LogP contribution in [0.15, 0.2) is 0 Å². The molecule has 2 saturated carbocycles. The Bertz CT molecular complexity index is 321. The molecule has 0 heterocycles. The summed E-state index contributed by atoms with van der Waals surface area (Å²) >= 11 is 0. The third kappa shape index (κ3) is 3.69. The lowest BCUT2D eigenvalue weighted by molar-refractivity contribution is -0.148. The number of hydrogen-bond acceptors (Lipinski definition) is 3. The van der Waals surface area contributed by atoms with Crippen molar-refractivity contribution in [1.82, 2.24) is 0 Å². The van der Waals surface area contributed by atoms with E-state index in [2.05, 4.69) is 6.92 Å². The Kier molecular flexibility index (Phi) is 4.85. The minimum absolute atomic E-state index is 0.0375. The molecule has 0 aromatic rings. The zero-order valence-electron chi connectivity index (χ0n) is 11.9. The molecule has 110 valence electrons. The van der Waals surface area contributed by atoms with Crippen LogP contribution in [0.3, 0.4) is 0 Å². The maximum Gasteiger partial charge on any atom is 0.323 e. The van der Waals surface area contributed by atoms with Crippen molar-refractivity contribution in [2.75, 3.05) is 0 Å². The molecule has 2 fully saturated rings. The van der Waals surface area contributed by atoms with Crippen molar-refractivity contribution >= 4 is 5.97 Å². The number of ether oxygens (including phenoxy) is 1. The fourth-order valence-corrected chi connectivity index (χ4v) is 3.57. The van der Waals surface area contributed by atoms with Crippen LogP contribution in [-0.4, -0.2) is 28.8 Å². The zero-order valence-corrected chi connectivity index (χ0v) is 11.9. The van der Waals surface area contributed by atoms with Gasteiger partial charge in [-0.15, -0.1) is 0 Å². The third-order valence-electron chi connectivity index (χ3n) is 4.86. The van der Waals surface area contributed by atoms with Gasteiger partial charge < -0.3 is 15.6 Å². The molecule has 0 aromatic heterocycles. The molecule has 0 radical (unpaired) electrons. The van der Waals surface area contributed by atoms with Crippen molar-refractivity contribution in [2.24, 2.45) is 11.7 Å². The van der Waals surface area contributed by atoms with Crippen molar-refractivity contribution in [3.05, 3.63) is 0 Å². The molecule has 4 unspecified atom stereocenters. The van der Waals surface area contributed by atoms with Gasteiger partial charge in [-0.05, 0) is 38.0 Å². The Balaban J connectivity index is 1.87. The van der Waals surface area contributed by atoms with E-state index < -0.39 is 11.5 Å². The van der Waals surface area contributed by atoms with Gasteiger partial charge in [0.2, 0.25) is 0 Å². The molecule has 0 aromatic carbocycles. The van der Waals surface area contributed by atoms with Gasteiger partial charge in [0.05, 0.1) is 12.2 Å². The average molecular weight is 269 g/mol. The summed E-state index contributed by atoms with van der Waals surface area (Å²) < 4.78 is 6.17. The summed E-state index contributed by atoms with van der Waals surface area (Å²) in [6.45, 7) is 2.24. The van der Waals surface area contributed by atoms with E-state index in [4.69, 9.17) is 10.5 Å². The molecule has 3 N–H and O–H groups in total. The second-order valence-electron chi connectivity index (χ2n) is 6.38. The van der Waals surface area contributed by atoms with E-state index >= 15 is 0 Å². The Labute approximate surface area is 115 Å². The van der Waals surface area contributed by atoms with E-state index in [9.17, 15) is 9.90 Å². The van der Waals surface area contributed by atoms with Gasteiger partial charge in [-0.3, -0.25) is 4.79 Å². The smallest absolute Gasteiger partial charge is 0.323 e.